The fourth-order valence-corrected chi connectivity index (χ4v) is 2.67. The van der Waals surface area contributed by atoms with Gasteiger partial charge in [0.1, 0.15) is 0 Å². The fraction of sp³-hybridized carbons (Fsp3) is 0.333. The minimum atomic E-state index is -0.176. The third-order valence-electron chi connectivity index (χ3n) is 4.09. The third kappa shape index (κ3) is 4.14. The highest BCUT2D eigenvalue weighted by Gasteiger charge is 2.23. The zero-order valence-corrected chi connectivity index (χ0v) is 15.3. The van der Waals surface area contributed by atoms with E-state index in [0.717, 1.165) is 0 Å². The lowest BCUT2D eigenvalue weighted by atomic mass is 10.2. The Labute approximate surface area is 157 Å². The SMILES string of the molecule is CN/C=C\C(=N)c1cc(C(=O)N2CCOCC2)nn1-c1ccc(OC)nc1. The molecule has 1 saturated heterocycles. The Morgan fingerprint density at radius 1 is 1.37 bits per heavy atom. The minimum Gasteiger partial charge on any atom is -0.481 e. The Balaban J connectivity index is 1.98. The second-order valence-electron chi connectivity index (χ2n) is 5.83. The summed E-state index contributed by atoms with van der Waals surface area (Å²) in [5.74, 6) is 0.299. The first-order valence-corrected chi connectivity index (χ1v) is 8.54. The van der Waals surface area contributed by atoms with E-state index in [1.54, 1.807) is 60.4 Å². The predicted molar refractivity (Wildman–Crippen MR) is 99.7 cm³/mol. The lowest BCUT2D eigenvalue weighted by molar-refractivity contribution is 0.0298. The number of amides is 1. The molecule has 2 aromatic rings. The number of hydrogen-bond donors (Lipinski definition) is 2. The van der Waals surface area contributed by atoms with Crippen molar-refractivity contribution in [2.75, 3.05) is 40.5 Å². The summed E-state index contributed by atoms with van der Waals surface area (Å²) >= 11 is 0. The first-order valence-electron chi connectivity index (χ1n) is 8.54. The molecule has 0 bridgehead atoms. The van der Waals surface area contributed by atoms with Crippen molar-refractivity contribution in [2.45, 2.75) is 0 Å². The maximum absolute atomic E-state index is 12.8. The van der Waals surface area contributed by atoms with Gasteiger partial charge >= 0.3 is 0 Å². The van der Waals surface area contributed by atoms with Crippen molar-refractivity contribution in [1.82, 2.24) is 25.0 Å². The van der Waals surface area contributed by atoms with Gasteiger partial charge in [-0.15, -0.1) is 0 Å². The molecule has 3 heterocycles. The van der Waals surface area contributed by atoms with Crippen molar-refractivity contribution in [1.29, 1.82) is 5.41 Å². The Bertz CT molecular complexity index is 837. The zero-order chi connectivity index (χ0) is 19.2. The molecule has 0 spiro atoms. The van der Waals surface area contributed by atoms with Gasteiger partial charge in [0.05, 0.1) is 43.6 Å². The van der Waals surface area contributed by atoms with E-state index in [2.05, 4.69) is 15.4 Å². The largest absolute Gasteiger partial charge is 0.481 e. The maximum Gasteiger partial charge on any atom is 0.274 e. The molecule has 9 heteroatoms. The molecule has 0 radical (unpaired) electrons. The average molecular weight is 370 g/mol. The summed E-state index contributed by atoms with van der Waals surface area (Å²) in [6.07, 6.45) is 4.84. The molecule has 27 heavy (non-hydrogen) atoms. The molecule has 0 unspecified atom stereocenters. The van der Waals surface area contributed by atoms with Crippen molar-refractivity contribution < 1.29 is 14.3 Å². The van der Waals surface area contributed by atoms with Crippen LogP contribution in [0.25, 0.3) is 5.69 Å². The molecule has 0 atom stereocenters. The summed E-state index contributed by atoms with van der Waals surface area (Å²) in [5, 5.41) is 15.6. The third-order valence-corrected chi connectivity index (χ3v) is 4.09. The van der Waals surface area contributed by atoms with Crippen LogP contribution in [0.3, 0.4) is 0 Å². The molecular formula is C18H22N6O3. The number of nitrogens with one attached hydrogen (secondary N) is 2. The monoisotopic (exact) mass is 370 g/mol. The van der Waals surface area contributed by atoms with Crippen LogP contribution < -0.4 is 10.1 Å². The highest BCUT2D eigenvalue weighted by molar-refractivity contribution is 6.07. The van der Waals surface area contributed by atoms with Crippen molar-refractivity contribution in [3.63, 3.8) is 0 Å². The zero-order valence-electron chi connectivity index (χ0n) is 15.3. The summed E-state index contributed by atoms with van der Waals surface area (Å²) < 4.78 is 11.9. The number of aromatic nitrogens is 3. The van der Waals surface area contributed by atoms with Gasteiger partial charge < -0.3 is 19.7 Å². The van der Waals surface area contributed by atoms with Crippen molar-refractivity contribution in [3.8, 4) is 11.6 Å². The number of carbonyl (C=O) groups excluding carboxylic acids is 1. The molecule has 0 aromatic carbocycles. The summed E-state index contributed by atoms with van der Waals surface area (Å²) in [7, 11) is 3.29. The van der Waals surface area contributed by atoms with E-state index in [4.69, 9.17) is 14.9 Å². The molecule has 1 aliphatic rings. The van der Waals surface area contributed by atoms with E-state index in [1.807, 2.05) is 0 Å². The molecule has 142 valence electrons. The Hall–Kier alpha value is -3.20. The van der Waals surface area contributed by atoms with Crippen LogP contribution in [0.2, 0.25) is 0 Å². The van der Waals surface area contributed by atoms with Crippen LogP contribution in [0.4, 0.5) is 0 Å². The van der Waals surface area contributed by atoms with E-state index >= 15 is 0 Å². The van der Waals surface area contributed by atoms with Crippen LogP contribution in [-0.2, 0) is 4.74 Å². The number of morpholine rings is 1. The van der Waals surface area contributed by atoms with Gasteiger partial charge in [0.2, 0.25) is 5.88 Å². The van der Waals surface area contributed by atoms with Crippen molar-refractivity contribution in [3.05, 3.63) is 48.1 Å². The van der Waals surface area contributed by atoms with Gasteiger partial charge in [-0.3, -0.25) is 10.2 Å². The number of nitrogens with zero attached hydrogens (tertiary/aromatic N) is 4. The molecule has 0 aliphatic carbocycles. The molecule has 1 amide bonds. The topological polar surface area (TPSA) is 105 Å². The van der Waals surface area contributed by atoms with Gasteiger partial charge in [0.15, 0.2) is 5.69 Å². The smallest absolute Gasteiger partial charge is 0.274 e. The first-order chi connectivity index (χ1) is 13.1. The fourth-order valence-electron chi connectivity index (χ4n) is 2.67. The highest BCUT2D eigenvalue weighted by atomic mass is 16.5. The first kappa shape index (κ1) is 18.6. The summed E-state index contributed by atoms with van der Waals surface area (Å²) in [5.41, 5.74) is 1.62. The maximum atomic E-state index is 12.8. The molecule has 1 aliphatic heterocycles. The number of allylic oxidation sites excluding steroid dienone is 1. The van der Waals surface area contributed by atoms with Crippen molar-refractivity contribution >= 4 is 11.6 Å². The molecule has 2 aromatic heterocycles. The van der Waals surface area contributed by atoms with Crippen LogP contribution in [0.5, 0.6) is 5.88 Å². The van der Waals surface area contributed by atoms with Crippen LogP contribution in [0.15, 0.2) is 36.7 Å². The van der Waals surface area contributed by atoms with Crippen LogP contribution in [0.1, 0.15) is 16.2 Å². The van der Waals surface area contributed by atoms with Crippen molar-refractivity contribution in [2.24, 2.45) is 0 Å². The van der Waals surface area contributed by atoms with E-state index in [1.165, 1.54) is 0 Å². The summed E-state index contributed by atoms with van der Waals surface area (Å²) in [6.45, 7) is 2.09. The van der Waals surface area contributed by atoms with Gasteiger partial charge in [-0.1, -0.05) is 0 Å². The Morgan fingerprint density at radius 3 is 2.78 bits per heavy atom. The van der Waals surface area contributed by atoms with E-state index < -0.39 is 0 Å². The van der Waals surface area contributed by atoms with Crippen LogP contribution >= 0.6 is 0 Å². The molecule has 0 saturated carbocycles. The standard InChI is InChI=1S/C18H22N6O3/c1-20-6-5-14(19)16-11-15(18(25)23-7-9-27-10-8-23)22-24(16)13-3-4-17(26-2)21-12-13/h3-6,11-12,19-20H,7-10H2,1-2H3/b6-5-,19-14?. The highest BCUT2D eigenvalue weighted by Crippen LogP contribution is 2.17. The second kappa shape index (κ2) is 8.45. The van der Waals surface area contributed by atoms with Gasteiger partial charge in [0.25, 0.3) is 5.91 Å². The molecule has 2 N–H and O–H groups in total. The number of rotatable bonds is 6. The number of methoxy groups -OCH3 is 1. The normalized spacial score (nSPS) is 14.4. The minimum absolute atomic E-state index is 0.176. The van der Waals surface area contributed by atoms with E-state index in [-0.39, 0.29) is 17.3 Å². The van der Waals surface area contributed by atoms with Crippen LogP contribution in [0, 0.1) is 5.41 Å². The van der Waals surface area contributed by atoms with Crippen LogP contribution in [-0.4, -0.2) is 71.7 Å². The lowest BCUT2D eigenvalue weighted by Crippen LogP contribution is -2.40. The van der Waals surface area contributed by atoms with E-state index in [9.17, 15) is 4.79 Å². The molecule has 3 rings (SSSR count). The summed E-state index contributed by atoms with van der Waals surface area (Å²) in [6, 6.07) is 5.11. The predicted octanol–water partition coefficient (Wildman–Crippen LogP) is 0.849. The van der Waals surface area contributed by atoms with Gasteiger partial charge in [-0.25, -0.2) is 9.67 Å². The Kier molecular flexibility index (Phi) is 5.82. The van der Waals surface area contributed by atoms with Gasteiger partial charge in [-0.05, 0) is 24.4 Å². The molecule has 9 nitrogen and oxygen atoms in total. The Morgan fingerprint density at radius 2 is 2.15 bits per heavy atom. The number of pyridine rings is 1. The number of carbonyl (C=O) groups is 1. The number of hydrogen-bond acceptors (Lipinski definition) is 7. The lowest BCUT2D eigenvalue weighted by Gasteiger charge is -2.25. The molecule has 1 fully saturated rings. The van der Waals surface area contributed by atoms with Gasteiger partial charge in [-0.2, -0.15) is 5.10 Å². The molecular weight excluding hydrogens is 348 g/mol. The van der Waals surface area contributed by atoms with E-state index in [0.29, 0.717) is 43.6 Å². The summed E-state index contributed by atoms with van der Waals surface area (Å²) in [4.78, 5) is 18.7. The van der Waals surface area contributed by atoms with Gasteiger partial charge in [0, 0.05) is 26.2 Å². The quantitative estimate of drug-likeness (QED) is 0.731. The number of ether oxygens (including phenoxy) is 2. The second-order valence-corrected chi connectivity index (χ2v) is 5.83. The average Bonchev–Trinajstić information content (AvgIpc) is 3.17.